The molecule has 0 saturated carbocycles. The molecule has 5 N–H and O–H groups in total. The zero-order chi connectivity index (χ0) is 22.1. The summed E-state index contributed by atoms with van der Waals surface area (Å²) in [7, 11) is 0. The number of aliphatic hydroxyl groups is 1. The molecule has 0 amide bonds. The van der Waals surface area contributed by atoms with E-state index in [0.29, 0.717) is 25.1 Å². The number of carboxylic acid groups (broad SMARTS) is 1. The summed E-state index contributed by atoms with van der Waals surface area (Å²) < 4.78 is 0. The molecule has 0 saturated heterocycles. The molecule has 3 unspecified atom stereocenters. The molecule has 0 aliphatic carbocycles. The largest absolute Gasteiger partial charge is 0.481 e. The van der Waals surface area contributed by atoms with Gasteiger partial charge in [0.15, 0.2) is 0 Å². The lowest BCUT2D eigenvalue weighted by Gasteiger charge is -2.20. The first-order valence-electron chi connectivity index (χ1n) is 10.0. The van der Waals surface area contributed by atoms with Crippen LogP contribution in [0.1, 0.15) is 54.9 Å². The molecule has 7 heteroatoms. The van der Waals surface area contributed by atoms with Gasteiger partial charge < -0.3 is 21.3 Å². The number of nitrogen functional groups attached to an aromatic ring is 1. The van der Waals surface area contributed by atoms with Crippen LogP contribution in [0.25, 0.3) is 0 Å². The number of hydrogen-bond acceptors (Lipinski definition) is 5. The van der Waals surface area contributed by atoms with Crippen LogP contribution in [0.15, 0.2) is 42.5 Å². The van der Waals surface area contributed by atoms with E-state index < -0.39 is 18.0 Å². The lowest BCUT2D eigenvalue weighted by atomic mass is 9.84. The van der Waals surface area contributed by atoms with Crippen molar-refractivity contribution >= 4 is 23.3 Å². The van der Waals surface area contributed by atoms with Crippen molar-refractivity contribution in [3.8, 4) is 6.07 Å². The van der Waals surface area contributed by atoms with Crippen LogP contribution in [0.5, 0.6) is 0 Å². The second kappa shape index (κ2) is 11.6. The number of halogens is 1. The summed E-state index contributed by atoms with van der Waals surface area (Å²) in [5.41, 5.74) is 7.74. The first-order chi connectivity index (χ1) is 14.3. The normalized spacial score (nSPS) is 13.9. The number of carbonyl (C=O) groups is 1. The van der Waals surface area contributed by atoms with Gasteiger partial charge in [-0.25, -0.2) is 0 Å². The van der Waals surface area contributed by atoms with Crippen molar-refractivity contribution in [2.75, 3.05) is 18.8 Å². The Labute approximate surface area is 182 Å². The Balaban J connectivity index is 1.77. The van der Waals surface area contributed by atoms with Gasteiger partial charge >= 0.3 is 5.97 Å². The second-order valence-corrected chi connectivity index (χ2v) is 7.84. The van der Waals surface area contributed by atoms with Gasteiger partial charge in [-0.2, -0.15) is 5.26 Å². The maximum absolute atomic E-state index is 11.7. The van der Waals surface area contributed by atoms with Gasteiger partial charge in [0.05, 0.1) is 28.3 Å². The molecule has 2 aromatic rings. The molecule has 160 valence electrons. The van der Waals surface area contributed by atoms with E-state index in [1.165, 1.54) is 6.07 Å². The molecule has 2 rings (SSSR count). The Hall–Kier alpha value is -2.59. The molecule has 0 aromatic heterocycles. The van der Waals surface area contributed by atoms with Crippen molar-refractivity contribution in [1.29, 1.82) is 5.26 Å². The van der Waals surface area contributed by atoms with Crippen LogP contribution in [0.4, 0.5) is 5.69 Å². The van der Waals surface area contributed by atoms with Crippen molar-refractivity contribution in [3.63, 3.8) is 0 Å². The summed E-state index contributed by atoms with van der Waals surface area (Å²) in [5, 5.41) is 32.4. The Bertz CT molecular complexity index is 883. The Morgan fingerprint density at radius 2 is 1.93 bits per heavy atom. The average molecular weight is 430 g/mol. The first kappa shape index (κ1) is 23.7. The third-order valence-corrected chi connectivity index (χ3v) is 5.67. The molecule has 30 heavy (non-hydrogen) atoms. The summed E-state index contributed by atoms with van der Waals surface area (Å²) in [5.74, 6) is -1.26. The number of anilines is 1. The van der Waals surface area contributed by atoms with E-state index in [4.69, 9.17) is 22.6 Å². The summed E-state index contributed by atoms with van der Waals surface area (Å²) in [6.45, 7) is 2.90. The maximum atomic E-state index is 11.7. The van der Waals surface area contributed by atoms with Gasteiger partial charge in [0.25, 0.3) is 0 Å². The summed E-state index contributed by atoms with van der Waals surface area (Å²) in [6.07, 6.45) is 1.34. The number of aliphatic hydroxyl groups excluding tert-OH is 1. The molecule has 0 spiro atoms. The van der Waals surface area contributed by atoms with Gasteiger partial charge in [0.2, 0.25) is 0 Å². The monoisotopic (exact) mass is 429 g/mol. The second-order valence-electron chi connectivity index (χ2n) is 7.44. The number of nitriles is 1. The highest BCUT2D eigenvalue weighted by Crippen LogP contribution is 2.29. The van der Waals surface area contributed by atoms with Crippen molar-refractivity contribution in [3.05, 3.63) is 64.2 Å². The molecule has 3 atom stereocenters. The number of aliphatic carboxylic acids is 1. The molecule has 0 aliphatic rings. The van der Waals surface area contributed by atoms with Gasteiger partial charge in [0, 0.05) is 6.54 Å². The van der Waals surface area contributed by atoms with E-state index in [1.54, 1.807) is 6.07 Å². The molecule has 6 nitrogen and oxygen atoms in total. The maximum Gasteiger partial charge on any atom is 0.307 e. The topological polar surface area (TPSA) is 119 Å². The third kappa shape index (κ3) is 6.46. The van der Waals surface area contributed by atoms with E-state index >= 15 is 0 Å². The fraction of sp³-hybridized carbons (Fsp3) is 0.391. The van der Waals surface area contributed by atoms with Gasteiger partial charge in [-0.05, 0) is 48.6 Å². The molecule has 0 bridgehead atoms. The minimum Gasteiger partial charge on any atom is -0.481 e. The SMILES string of the molecule is CC(c1ccccc1)C(CCCCNCC(O)c1cc(Cl)c(N)c(C#N)c1)C(=O)O. The quantitative estimate of drug-likeness (QED) is 0.315. The zero-order valence-corrected chi connectivity index (χ0v) is 17.8. The minimum atomic E-state index is -0.819. The van der Waals surface area contributed by atoms with Gasteiger partial charge in [-0.15, -0.1) is 0 Å². The fourth-order valence-electron chi connectivity index (χ4n) is 3.47. The number of nitrogens with zero attached hydrogens (tertiary/aromatic N) is 1. The predicted octanol–water partition coefficient (Wildman–Crippen LogP) is 4.09. The van der Waals surface area contributed by atoms with E-state index in [0.717, 1.165) is 18.4 Å². The van der Waals surface area contributed by atoms with Crippen molar-refractivity contribution < 1.29 is 15.0 Å². The summed E-state index contributed by atoms with van der Waals surface area (Å²) >= 11 is 6.01. The summed E-state index contributed by atoms with van der Waals surface area (Å²) in [4.78, 5) is 11.7. The molecule has 0 heterocycles. The lowest BCUT2D eigenvalue weighted by Crippen LogP contribution is -2.24. The zero-order valence-electron chi connectivity index (χ0n) is 17.0. The minimum absolute atomic E-state index is 0.0527. The van der Waals surface area contributed by atoms with Crippen molar-refractivity contribution in [2.45, 2.75) is 38.2 Å². The van der Waals surface area contributed by atoms with Gasteiger partial charge in [0.1, 0.15) is 6.07 Å². The van der Waals surface area contributed by atoms with E-state index in [-0.39, 0.29) is 22.2 Å². The standard InChI is InChI=1S/C23H28ClN3O3/c1-15(16-7-3-2-4-8-16)19(23(29)30)9-5-6-10-27-14-21(28)17-11-18(13-25)22(26)20(24)12-17/h2-4,7-8,11-12,15,19,21,27-28H,5-6,9-10,14,26H2,1H3,(H,29,30). The van der Waals surface area contributed by atoms with E-state index in [9.17, 15) is 15.0 Å². The Kier molecular flexibility index (Phi) is 9.13. The van der Waals surface area contributed by atoms with Gasteiger partial charge in [-0.3, -0.25) is 4.79 Å². The Morgan fingerprint density at radius 1 is 1.23 bits per heavy atom. The fourth-order valence-corrected chi connectivity index (χ4v) is 3.70. The number of nitrogens with two attached hydrogens (primary N) is 1. The number of rotatable bonds is 11. The van der Waals surface area contributed by atoms with E-state index in [1.807, 2.05) is 43.3 Å². The average Bonchev–Trinajstić information content (AvgIpc) is 2.74. The molecular weight excluding hydrogens is 402 g/mol. The van der Waals surface area contributed by atoms with Crippen LogP contribution in [-0.2, 0) is 4.79 Å². The van der Waals surface area contributed by atoms with Crippen LogP contribution in [0.3, 0.4) is 0 Å². The predicted molar refractivity (Wildman–Crippen MR) is 118 cm³/mol. The summed E-state index contributed by atoms with van der Waals surface area (Å²) in [6, 6.07) is 14.8. The van der Waals surface area contributed by atoms with Crippen molar-refractivity contribution in [2.24, 2.45) is 5.92 Å². The van der Waals surface area contributed by atoms with Crippen LogP contribution in [0.2, 0.25) is 5.02 Å². The highest BCUT2D eigenvalue weighted by Gasteiger charge is 2.25. The third-order valence-electron chi connectivity index (χ3n) is 5.36. The number of carboxylic acids is 1. The molecule has 0 fully saturated rings. The van der Waals surface area contributed by atoms with Crippen LogP contribution in [0, 0.1) is 17.2 Å². The molecule has 0 aliphatic heterocycles. The number of benzene rings is 2. The van der Waals surface area contributed by atoms with E-state index in [2.05, 4.69) is 5.32 Å². The lowest BCUT2D eigenvalue weighted by molar-refractivity contribution is -0.142. The number of unbranched alkanes of at least 4 members (excludes halogenated alkanes) is 1. The molecule has 0 radical (unpaired) electrons. The van der Waals surface area contributed by atoms with Crippen LogP contribution in [-0.4, -0.2) is 29.3 Å². The highest BCUT2D eigenvalue weighted by atomic mass is 35.5. The smallest absolute Gasteiger partial charge is 0.307 e. The Morgan fingerprint density at radius 3 is 2.57 bits per heavy atom. The first-order valence-corrected chi connectivity index (χ1v) is 10.4. The number of hydrogen-bond donors (Lipinski definition) is 4. The van der Waals surface area contributed by atoms with Crippen molar-refractivity contribution in [1.82, 2.24) is 5.32 Å². The van der Waals surface area contributed by atoms with Crippen LogP contribution >= 0.6 is 11.6 Å². The molecule has 2 aromatic carbocycles. The number of nitrogens with one attached hydrogen (secondary N) is 1. The highest BCUT2D eigenvalue weighted by molar-refractivity contribution is 6.33. The van der Waals surface area contributed by atoms with Crippen LogP contribution < -0.4 is 11.1 Å². The molecular formula is C23H28ClN3O3. The van der Waals surface area contributed by atoms with Gasteiger partial charge in [-0.1, -0.05) is 55.3 Å².